The summed E-state index contributed by atoms with van der Waals surface area (Å²) < 4.78 is 14.2. The summed E-state index contributed by atoms with van der Waals surface area (Å²) in [5.74, 6) is -0.0937. The molecule has 0 bridgehead atoms. The number of halogens is 1. The van der Waals surface area contributed by atoms with E-state index in [0.717, 1.165) is 53.7 Å². The monoisotopic (exact) mass is 431 g/mol. The third kappa shape index (κ3) is 4.34. The number of H-pyrrole nitrogens is 1. The van der Waals surface area contributed by atoms with Crippen molar-refractivity contribution in [2.75, 3.05) is 19.6 Å². The van der Waals surface area contributed by atoms with Gasteiger partial charge in [-0.3, -0.25) is 19.8 Å². The number of carbonyl (C=O) groups excluding carboxylic acids is 1. The van der Waals surface area contributed by atoms with Gasteiger partial charge in [0.1, 0.15) is 11.9 Å². The zero-order valence-electron chi connectivity index (χ0n) is 17.8. The normalized spacial score (nSPS) is 21.5. The first-order chi connectivity index (χ1) is 15.7. The standard InChI is InChI=1S/C25H26FN5O/c26-22-6-2-1-4-19(22)15-31-13-3-5-20(16-31)28-25(32)18-7-8-23-21(14-18)24(30-29-23)17-9-11-27-12-10-17/h1-2,4,7-12,14,20,22H,3,5-6,13,15-16H2,(H,28,32)(H,29,30). The highest BCUT2D eigenvalue weighted by Gasteiger charge is 2.25. The Hall–Kier alpha value is -3.32. The van der Waals surface area contributed by atoms with Gasteiger partial charge in [-0.15, -0.1) is 0 Å². The molecule has 1 fully saturated rings. The molecule has 2 unspecified atom stereocenters. The van der Waals surface area contributed by atoms with Crippen molar-refractivity contribution in [3.8, 4) is 11.3 Å². The van der Waals surface area contributed by atoms with Gasteiger partial charge < -0.3 is 5.32 Å². The summed E-state index contributed by atoms with van der Waals surface area (Å²) in [5, 5.41) is 11.5. The van der Waals surface area contributed by atoms with Crippen LogP contribution in [0.4, 0.5) is 4.39 Å². The molecule has 2 aliphatic rings. The van der Waals surface area contributed by atoms with Crippen molar-refractivity contribution in [2.45, 2.75) is 31.5 Å². The number of benzene rings is 1. The fraction of sp³-hybridized carbons (Fsp3) is 0.320. The van der Waals surface area contributed by atoms with Gasteiger partial charge in [0.15, 0.2) is 0 Å². The molecule has 7 heteroatoms. The third-order valence-corrected chi connectivity index (χ3v) is 6.22. The number of fused-ring (bicyclic) bond motifs is 1. The van der Waals surface area contributed by atoms with Crippen LogP contribution < -0.4 is 5.32 Å². The summed E-state index contributed by atoms with van der Waals surface area (Å²) in [7, 11) is 0. The number of likely N-dealkylation sites (tertiary alicyclic amines) is 1. The third-order valence-electron chi connectivity index (χ3n) is 6.22. The number of aromatic nitrogens is 3. The molecule has 0 saturated carbocycles. The molecule has 0 radical (unpaired) electrons. The van der Waals surface area contributed by atoms with Crippen LogP contribution in [0.5, 0.6) is 0 Å². The zero-order valence-corrected chi connectivity index (χ0v) is 17.8. The molecule has 5 rings (SSSR count). The minimum absolute atomic E-state index is 0.0498. The van der Waals surface area contributed by atoms with Crippen LogP contribution in [0.3, 0.4) is 0 Å². The lowest BCUT2D eigenvalue weighted by Gasteiger charge is -2.34. The number of carbonyl (C=O) groups is 1. The minimum atomic E-state index is -0.897. The van der Waals surface area contributed by atoms with E-state index >= 15 is 0 Å². The highest BCUT2D eigenvalue weighted by molar-refractivity contribution is 6.01. The fourth-order valence-corrected chi connectivity index (χ4v) is 4.53. The van der Waals surface area contributed by atoms with Crippen LogP contribution in [0.2, 0.25) is 0 Å². The summed E-state index contributed by atoms with van der Waals surface area (Å²) in [4.78, 5) is 19.3. The van der Waals surface area contributed by atoms with Crippen LogP contribution in [-0.2, 0) is 0 Å². The zero-order chi connectivity index (χ0) is 21.9. The molecule has 2 N–H and O–H groups in total. The van der Waals surface area contributed by atoms with E-state index in [1.165, 1.54) is 0 Å². The Bertz CT molecular complexity index is 1170. The molecule has 3 heterocycles. The SMILES string of the molecule is O=C(NC1CCCN(CC2=CC=CCC2F)C1)c1ccc2[nH]nc(-c3ccncc3)c2c1. The van der Waals surface area contributed by atoms with Gasteiger partial charge in [-0.1, -0.05) is 18.2 Å². The Morgan fingerprint density at radius 3 is 2.97 bits per heavy atom. The van der Waals surface area contributed by atoms with Crippen molar-refractivity contribution in [3.05, 3.63) is 72.1 Å². The highest BCUT2D eigenvalue weighted by Crippen LogP contribution is 2.27. The van der Waals surface area contributed by atoms with E-state index in [1.807, 2.05) is 48.6 Å². The van der Waals surface area contributed by atoms with E-state index in [0.29, 0.717) is 18.5 Å². The first kappa shape index (κ1) is 20.6. The van der Waals surface area contributed by atoms with Gasteiger partial charge >= 0.3 is 0 Å². The number of amides is 1. The Labute approximate surface area is 186 Å². The molecule has 3 aromatic rings. The number of hydrogen-bond acceptors (Lipinski definition) is 4. The molecular formula is C25H26FN5O. The number of alkyl halides is 1. The first-order valence-electron chi connectivity index (χ1n) is 11.1. The summed E-state index contributed by atoms with van der Waals surface area (Å²) >= 11 is 0. The maximum Gasteiger partial charge on any atom is 0.251 e. The van der Waals surface area contributed by atoms with Gasteiger partial charge in [-0.05, 0) is 55.3 Å². The summed E-state index contributed by atoms with van der Waals surface area (Å²) in [6.45, 7) is 2.28. The van der Waals surface area contributed by atoms with Gasteiger partial charge in [0.2, 0.25) is 0 Å². The highest BCUT2D eigenvalue weighted by atomic mass is 19.1. The number of rotatable bonds is 5. The molecule has 2 aromatic heterocycles. The van der Waals surface area contributed by atoms with Crippen LogP contribution in [0.1, 0.15) is 29.6 Å². The molecule has 1 aromatic carbocycles. The Morgan fingerprint density at radius 1 is 1.25 bits per heavy atom. The molecule has 1 saturated heterocycles. The van der Waals surface area contributed by atoms with Crippen molar-refractivity contribution < 1.29 is 9.18 Å². The summed E-state index contributed by atoms with van der Waals surface area (Å²) in [6.07, 6.45) is 10.6. The topological polar surface area (TPSA) is 73.9 Å². The molecule has 164 valence electrons. The second-order valence-corrected chi connectivity index (χ2v) is 8.49. The van der Waals surface area contributed by atoms with E-state index < -0.39 is 6.17 Å². The summed E-state index contributed by atoms with van der Waals surface area (Å²) in [5.41, 5.74) is 4.07. The molecule has 1 aliphatic carbocycles. The maximum absolute atomic E-state index is 14.2. The van der Waals surface area contributed by atoms with Crippen molar-refractivity contribution in [1.29, 1.82) is 0 Å². The quantitative estimate of drug-likeness (QED) is 0.639. The van der Waals surface area contributed by atoms with Crippen LogP contribution in [0.15, 0.2) is 66.5 Å². The Balaban J connectivity index is 1.28. The van der Waals surface area contributed by atoms with Gasteiger partial charge in [-0.25, -0.2) is 4.39 Å². The van der Waals surface area contributed by atoms with Crippen molar-refractivity contribution in [1.82, 2.24) is 25.4 Å². The number of piperidine rings is 1. The lowest BCUT2D eigenvalue weighted by atomic mass is 9.99. The molecule has 1 aliphatic heterocycles. The fourth-order valence-electron chi connectivity index (χ4n) is 4.53. The molecule has 6 nitrogen and oxygen atoms in total. The maximum atomic E-state index is 14.2. The van der Waals surface area contributed by atoms with Gasteiger partial charge in [-0.2, -0.15) is 5.10 Å². The predicted molar refractivity (Wildman–Crippen MR) is 123 cm³/mol. The molecule has 32 heavy (non-hydrogen) atoms. The largest absolute Gasteiger partial charge is 0.348 e. The van der Waals surface area contributed by atoms with Gasteiger partial charge in [0.05, 0.1) is 5.52 Å². The number of aromatic amines is 1. The predicted octanol–water partition coefficient (Wildman–Crippen LogP) is 4.04. The molecule has 2 atom stereocenters. The Morgan fingerprint density at radius 2 is 2.12 bits per heavy atom. The lowest BCUT2D eigenvalue weighted by Crippen LogP contribution is -2.48. The van der Waals surface area contributed by atoms with E-state index in [-0.39, 0.29) is 11.9 Å². The van der Waals surface area contributed by atoms with E-state index in [2.05, 4.69) is 25.4 Å². The smallest absolute Gasteiger partial charge is 0.251 e. The second kappa shape index (κ2) is 9.04. The molecular weight excluding hydrogens is 405 g/mol. The molecule has 1 amide bonds. The van der Waals surface area contributed by atoms with Gasteiger partial charge in [0.25, 0.3) is 5.91 Å². The van der Waals surface area contributed by atoms with Crippen molar-refractivity contribution in [3.63, 3.8) is 0 Å². The number of nitrogens with one attached hydrogen (secondary N) is 2. The van der Waals surface area contributed by atoms with E-state index in [1.54, 1.807) is 12.4 Å². The number of pyridine rings is 1. The second-order valence-electron chi connectivity index (χ2n) is 8.49. The average Bonchev–Trinajstić information content (AvgIpc) is 3.25. The minimum Gasteiger partial charge on any atom is -0.348 e. The number of allylic oxidation sites excluding steroid dienone is 3. The first-order valence-corrected chi connectivity index (χ1v) is 11.1. The van der Waals surface area contributed by atoms with Crippen LogP contribution >= 0.6 is 0 Å². The van der Waals surface area contributed by atoms with Crippen LogP contribution in [0.25, 0.3) is 22.2 Å². The lowest BCUT2D eigenvalue weighted by molar-refractivity contribution is 0.0906. The number of hydrogen-bond donors (Lipinski definition) is 2. The number of nitrogens with zero attached hydrogens (tertiary/aromatic N) is 3. The molecule has 0 spiro atoms. The van der Waals surface area contributed by atoms with Crippen LogP contribution in [0, 0.1) is 0 Å². The van der Waals surface area contributed by atoms with Gasteiger partial charge in [0, 0.05) is 54.5 Å². The summed E-state index contributed by atoms with van der Waals surface area (Å²) in [6, 6.07) is 9.45. The van der Waals surface area contributed by atoms with E-state index in [4.69, 9.17) is 0 Å². The van der Waals surface area contributed by atoms with Crippen molar-refractivity contribution in [2.24, 2.45) is 0 Å². The van der Waals surface area contributed by atoms with Crippen molar-refractivity contribution >= 4 is 16.8 Å². The van der Waals surface area contributed by atoms with E-state index in [9.17, 15) is 9.18 Å². The average molecular weight is 432 g/mol. The van der Waals surface area contributed by atoms with Crippen LogP contribution in [-0.4, -0.2) is 57.8 Å². The Kier molecular flexibility index (Phi) is 5.81.